The number of para-hydroxylation sites is 1. The van der Waals surface area contributed by atoms with Crippen molar-refractivity contribution in [3.63, 3.8) is 0 Å². The average molecular weight is 372 g/mol. The quantitative estimate of drug-likeness (QED) is 0.460. The summed E-state index contributed by atoms with van der Waals surface area (Å²) >= 11 is 6.38. The lowest BCUT2D eigenvalue weighted by Gasteiger charge is -2.12. The second-order valence-corrected chi connectivity index (χ2v) is 6.19. The van der Waals surface area contributed by atoms with E-state index < -0.39 is 0 Å². The molecule has 1 heterocycles. The van der Waals surface area contributed by atoms with Gasteiger partial charge in [-0.15, -0.1) is 6.42 Å². The highest BCUT2D eigenvalue weighted by Crippen LogP contribution is 2.35. The topological polar surface area (TPSA) is 47.0 Å². The summed E-state index contributed by atoms with van der Waals surface area (Å²) < 4.78 is 5.92. The van der Waals surface area contributed by atoms with Crippen LogP contribution in [-0.2, 0) is 0 Å². The largest absolute Gasteiger partial charge is 0.456 e. The number of rotatable bonds is 4. The number of fused-ring (bicyclic) bond motifs is 1. The molecule has 0 atom stereocenters. The van der Waals surface area contributed by atoms with Crippen molar-refractivity contribution in [2.75, 3.05) is 5.32 Å². The number of hydrogen-bond acceptors (Lipinski definition) is 4. The Bertz CT molecular complexity index is 1150. The molecule has 3 aromatic carbocycles. The molecule has 0 bridgehead atoms. The zero-order valence-corrected chi connectivity index (χ0v) is 14.9. The van der Waals surface area contributed by atoms with Gasteiger partial charge in [0.2, 0.25) is 0 Å². The monoisotopic (exact) mass is 371 g/mol. The summed E-state index contributed by atoms with van der Waals surface area (Å²) in [5.74, 6) is 4.50. The minimum atomic E-state index is 0.477. The molecule has 0 radical (unpaired) electrons. The van der Waals surface area contributed by atoms with E-state index in [1.807, 2.05) is 60.7 Å². The molecule has 0 aliphatic carbocycles. The predicted octanol–water partition coefficient (Wildman–Crippen LogP) is 5.80. The van der Waals surface area contributed by atoms with Gasteiger partial charge in [0.15, 0.2) is 0 Å². The fraction of sp³-hybridized carbons (Fsp3) is 0. The van der Waals surface area contributed by atoms with Gasteiger partial charge in [-0.2, -0.15) is 0 Å². The van der Waals surface area contributed by atoms with Gasteiger partial charge in [0.1, 0.15) is 23.6 Å². The molecule has 0 aliphatic heterocycles. The second-order valence-electron chi connectivity index (χ2n) is 5.79. The Balaban J connectivity index is 1.75. The van der Waals surface area contributed by atoms with Gasteiger partial charge in [0.05, 0.1) is 10.5 Å². The van der Waals surface area contributed by atoms with E-state index in [-0.39, 0.29) is 0 Å². The van der Waals surface area contributed by atoms with E-state index in [0.29, 0.717) is 27.9 Å². The lowest BCUT2D eigenvalue weighted by Crippen LogP contribution is -1.97. The van der Waals surface area contributed by atoms with E-state index in [0.717, 1.165) is 16.6 Å². The Labute approximate surface area is 161 Å². The molecule has 0 saturated carbocycles. The van der Waals surface area contributed by atoms with Gasteiger partial charge in [0, 0.05) is 16.6 Å². The van der Waals surface area contributed by atoms with Crippen molar-refractivity contribution in [3.05, 3.63) is 83.6 Å². The third-order valence-electron chi connectivity index (χ3n) is 3.95. The number of nitrogens with one attached hydrogen (secondary N) is 1. The Kier molecular flexibility index (Phi) is 4.61. The number of terminal acetylenes is 1. The lowest BCUT2D eigenvalue weighted by molar-refractivity contribution is 0.483. The zero-order valence-electron chi connectivity index (χ0n) is 14.2. The van der Waals surface area contributed by atoms with Crippen LogP contribution in [-0.4, -0.2) is 9.97 Å². The van der Waals surface area contributed by atoms with Crippen LogP contribution in [0.15, 0.2) is 73.1 Å². The number of ether oxygens (including phenoxy) is 1. The molecule has 4 aromatic rings. The van der Waals surface area contributed by atoms with Gasteiger partial charge in [-0.3, -0.25) is 0 Å². The standard InChI is InChI=1S/C22H14ClN3O/c1-2-15-7-6-8-16(11-15)26-22-18-12-21(27-17-9-4-3-5-10-17)19(23)13-20(18)24-14-25-22/h1,3-14H,(H,24,25,26). The second kappa shape index (κ2) is 7.36. The van der Waals surface area contributed by atoms with Crippen LogP contribution in [0.5, 0.6) is 11.5 Å². The highest BCUT2D eigenvalue weighted by atomic mass is 35.5. The molecule has 0 fully saturated rings. The first-order valence-corrected chi connectivity index (χ1v) is 8.61. The highest BCUT2D eigenvalue weighted by molar-refractivity contribution is 6.33. The molecule has 5 heteroatoms. The van der Waals surface area contributed by atoms with Crippen LogP contribution in [0.25, 0.3) is 10.9 Å². The maximum Gasteiger partial charge on any atom is 0.146 e. The maximum absolute atomic E-state index is 6.38. The summed E-state index contributed by atoms with van der Waals surface area (Å²) in [6.07, 6.45) is 6.97. The molecule has 4 nitrogen and oxygen atoms in total. The van der Waals surface area contributed by atoms with E-state index >= 15 is 0 Å². The Morgan fingerprint density at radius 2 is 1.81 bits per heavy atom. The third kappa shape index (κ3) is 3.69. The van der Waals surface area contributed by atoms with Crippen LogP contribution in [0.4, 0.5) is 11.5 Å². The SMILES string of the molecule is C#Cc1cccc(Nc2ncnc3cc(Cl)c(Oc4ccccc4)cc23)c1. The summed E-state index contributed by atoms with van der Waals surface area (Å²) in [6, 6.07) is 20.6. The fourth-order valence-electron chi connectivity index (χ4n) is 2.67. The Hall–Kier alpha value is -3.55. The number of anilines is 2. The van der Waals surface area contributed by atoms with Gasteiger partial charge in [0.25, 0.3) is 0 Å². The Morgan fingerprint density at radius 3 is 2.63 bits per heavy atom. The highest BCUT2D eigenvalue weighted by Gasteiger charge is 2.11. The minimum absolute atomic E-state index is 0.477. The van der Waals surface area contributed by atoms with Gasteiger partial charge in [-0.25, -0.2) is 9.97 Å². The summed E-state index contributed by atoms with van der Waals surface area (Å²) in [6.45, 7) is 0. The molecule has 4 rings (SSSR count). The van der Waals surface area contributed by atoms with E-state index in [4.69, 9.17) is 22.8 Å². The van der Waals surface area contributed by atoms with Crippen LogP contribution < -0.4 is 10.1 Å². The van der Waals surface area contributed by atoms with Crippen molar-refractivity contribution in [3.8, 4) is 23.8 Å². The minimum Gasteiger partial charge on any atom is -0.456 e. The van der Waals surface area contributed by atoms with Crippen molar-refractivity contribution >= 4 is 34.0 Å². The fourth-order valence-corrected chi connectivity index (χ4v) is 2.87. The Morgan fingerprint density at radius 1 is 0.963 bits per heavy atom. The lowest BCUT2D eigenvalue weighted by atomic mass is 10.2. The third-order valence-corrected chi connectivity index (χ3v) is 4.25. The van der Waals surface area contributed by atoms with Crippen LogP contribution >= 0.6 is 11.6 Å². The van der Waals surface area contributed by atoms with Crippen LogP contribution in [0, 0.1) is 12.3 Å². The van der Waals surface area contributed by atoms with E-state index in [9.17, 15) is 0 Å². The smallest absolute Gasteiger partial charge is 0.146 e. The number of benzene rings is 3. The van der Waals surface area contributed by atoms with Crippen LogP contribution in [0.3, 0.4) is 0 Å². The average Bonchev–Trinajstić information content (AvgIpc) is 2.70. The summed E-state index contributed by atoms with van der Waals surface area (Å²) in [5, 5.41) is 4.55. The van der Waals surface area contributed by atoms with Crippen molar-refractivity contribution in [2.45, 2.75) is 0 Å². The molecule has 130 valence electrons. The van der Waals surface area contributed by atoms with Crippen molar-refractivity contribution in [1.29, 1.82) is 0 Å². The number of hydrogen-bond donors (Lipinski definition) is 1. The molecule has 27 heavy (non-hydrogen) atoms. The molecule has 1 N–H and O–H groups in total. The van der Waals surface area contributed by atoms with E-state index in [2.05, 4.69) is 21.2 Å². The molecule has 0 spiro atoms. The first-order valence-electron chi connectivity index (χ1n) is 8.24. The first-order chi connectivity index (χ1) is 13.2. The normalized spacial score (nSPS) is 10.4. The molecular formula is C22H14ClN3O. The number of nitrogens with zero attached hydrogens (tertiary/aromatic N) is 2. The zero-order chi connectivity index (χ0) is 18.6. The van der Waals surface area contributed by atoms with Gasteiger partial charge >= 0.3 is 0 Å². The maximum atomic E-state index is 6.38. The van der Waals surface area contributed by atoms with E-state index in [1.165, 1.54) is 6.33 Å². The molecule has 0 saturated heterocycles. The number of halogens is 1. The van der Waals surface area contributed by atoms with E-state index in [1.54, 1.807) is 6.07 Å². The van der Waals surface area contributed by atoms with Crippen LogP contribution in [0.2, 0.25) is 5.02 Å². The van der Waals surface area contributed by atoms with Crippen molar-refractivity contribution in [1.82, 2.24) is 9.97 Å². The first kappa shape index (κ1) is 16.9. The summed E-state index contributed by atoms with van der Waals surface area (Å²) in [5.41, 5.74) is 2.34. The van der Waals surface area contributed by atoms with Crippen molar-refractivity contribution < 1.29 is 4.74 Å². The molecule has 0 amide bonds. The van der Waals surface area contributed by atoms with Gasteiger partial charge in [-0.1, -0.05) is 41.8 Å². The molecule has 0 unspecified atom stereocenters. The molecule has 0 aliphatic rings. The summed E-state index contributed by atoms with van der Waals surface area (Å²) in [7, 11) is 0. The van der Waals surface area contributed by atoms with Crippen LogP contribution in [0.1, 0.15) is 5.56 Å². The number of aromatic nitrogens is 2. The van der Waals surface area contributed by atoms with Crippen molar-refractivity contribution in [2.24, 2.45) is 0 Å². The molecule has 1 aromatic heterocycles. The van der Waals surface area contributed by atoms with Gasteiger partial charge in [-0.05, 0) is 42.5 Å². The predicted molar refractivity (Wildman–Crippen MR) is 109 cm³/mol. The van der Waals surface area contributed by atoms with Gasteiger partial charge < -0.3 is 10.1 Å². The molecular weight excluding hydrogens is 358 g/mol. The summed E-state index contributed by atoms with van der Waals surface area (Å²) in [4.78, 5) is 8.67.